The van der Waals surface area contributed by atoms with Crippen molar-refractivity contribution in [3.05, 3.63) is 34.4 Å². The average molecular weight is 287 g/mol. The van der Waals surface area contributed by atoms with Crippen molar-refractivity contribution in [1.29, 1.82) is 0 Å². The van der Waals surface area contributed by atoms with Crippen LogP contribution in [0, 0.1) is 5.95 Å². The minimum atomic E-state index is -0.754. The van der Waals surface area contributed by atoms with Gasteiger partial charge in [-0.1, -0.05) is 6.07 Å². The molecule has 0 saturated carbocycles. The molecule has 0 radical (unpaired) electrons. The van der Waals surface area contributed by atoms with Crippen LogP contribution >= 0.6 is 15.9 Å². The topological polar surface area (TPSA) is 43.6 Å². The molecule has 0 N–H and O–H groups in total. The Labute approximate surface area is 99.2 Å². The van der Waals surface area contributed by atoms with Gasteiger partial charge in [-0.3, -0.25) is 4.40 Å². The summed E-state index contributed by atoms with van der Waals surface area (Å²) in [5.41, 5.74) is 0.0590. The van der Waals surface area contributed by atoms with E-state index in [0.717, 1.165) is 0 Å². The Morgan fingerprint density at radius 3 is 3.00 bits per heavy atom. The van der Waals surface area contributed by atoms with E-state index in [1.165, 1.54) is 4.40 Å². The highest BCUT2D eigenvalue weighted by Crippen LogP contribution is 2.18. The van der Waals surface area contributed by atoms with Gasteiger partial charge in [0.25, 0.3) is 0 Å². The minimum absolute atomic E-state index is 0.188. The number of rotatable bonds is 2. The Hall–Kier alpha value is -1.43. The lowest BCUT2D eigenvalue weighted by Crippen LogP contribution is -2.07. The van der Waals surface area contributed by atoms with Crippen LogP contribution in [-0.4, -0.2) is 22.0 Å². The van der Waals surface area contributed by atoms with Gasteiger partial charge in [-0.2, -0.15) is 4.39 Å². The zero-order valence-electron chi connectivity index (χ0n) is 8.41. The van der Waals surface area contributed by atoms with Crippen LogP contribution in [0.4, 0.5) is 4.39 Å². The molecule has 2 aromatic rings. The molecule has 0 aliphatic carbocycles. The number of carbonyl (C=O) groups is 1. The Kier molecular flexibility index (Phi) is 2.91. The highest BCUT2D eigenvalue weighted by molar-refractivity contribution is 9.10. The largest absolute Gasteiger partial charge is 0.461 e. The third kappa shape index (κ3) is 1.69. The van der Waals surface area contributed by atoms with Crippen molar-refractivity contribution in [1.82, 2.24) is 9.38 Å². The van der Waals surface area contributed by atoms with Crippen molar-refractivity contribution in [3.63, 3.8) is 0 Å². The summed E-state index contributed by atoms with van der Waals surface area (Å²) in [6.07, 6.45) is 0. The van der Waals surface area contributed by atoms with Gasteiger partial charge in [0.1, 0.15) is 5.65 Å². The van der Waals surface area contributed by atoms with Crippen molar-refractivity contribution in [2.45, 2.75) is 6.92 Å². The van der Waals surface area contributed by atoms with Crippen LogP contribution in [0.15, 0.2) is 22.8 Å². The number of pyridine rings is 1. The number of fused-ring (bicyclic) bond motifs is 1. The summed E-state index contributed by atoms with van der Waals surface area (Å²) in [5, 5.41) is 0. The molecule has 16 heavy (non-hydrogen) atoms. The van der Waals surface area contributed by atoms with Gasteiger partial charge < -0.3 is 4.74 Å². The number of aromatic nitrogens is 2. The zero-order valence-corrected chi connectivity index (χ0v) is 9.99. The normalized spacial score (nSPS) is 10.7. The molecule has 0 fully saturated rings. The van der Waals surface area contributed by atoms with Crippen LogP contribution in [0.5, 0.6) is 0 Å². The van der Waals surface area contributed by atoms with E-state index in [2.05, 4.69) is 20.9 Å². The van der Waals surface area contributed by atoms with Gasteiger partial charge in [0.2, 0.25) is 11.6 Å². The zero-order chi connectivity index (χ0) is 11.7. The standard InChI is InChI=1S/C10H8BrFN2O2/c1-2-16-10(15)8-9(12)14-6(11)4-3-5-7(14)13-8/h3-5H,2H2,1H3. The van der Waals surface area contributed by atoms with E-state index in [4.69, 9.17) is 4.74 Å². The lowest BCUT2D eigenvalue weighted by Gasteiger charge is -1.98. The summed E-state index contributed by atoms with van der Waals surface area (Å²) in [5.74, 6) is -1.48. The molecule has 0 aliphatic rings. The summed E-state index contributed by atoms with van der Waals surface area (Å²) in [6.45, 7) is 1.84. The van der Waals surface area contributed by atoms with Gasteiger partial charge in [-0.15, -0.1) is 0 Å². The van der Waals surface area contributed by atoms with Crippen molar-refractivity contribution in [3.8, 4) is 0 Å². The Balaban J connectivity index is 2.61. The quantitative estimate of drug-likeness (QED) is 0.629. The molecule has 2 heterocycles. The van der Waals surface area contributed by atoms with Crippen LogP contribution in [-0.2, 0) is 4.74 Å². The molecule has 4 nitrogen and oxygen atoms in total. The summed E-state index contributed by atoms with van der Waals surface area (Å²) in [6, 6.07) is 4.98. The lowest BCUT2D eigenvalue weighted by molar-refractivity contribution is 0.0514. The molecule has 0 aliphatic heterocycles. The molecule has 0 saturated heterocycles. The molecular weight excluding hydrogens is 279 g/mol. The number of imidazole rings is 1. The van der Waals surface area contributed by atoms with Gasteiger partial charge in [-0.05, 0) is 35.0 Å². The van der Waals surface area contributed by atoms with E-state index in [1.54, 1.807) is 25.1 Å². The van der Waals surface area contributed by atoms with Crippen LogP contribution < -0.4 is 0 Å². The second-order valence-electron chi connectivity index (χ2n) is 3.01. The monoisotopic (exact) mass is 286 g/mol. The molecule has 6 heteroatoms. The smallest absolute Gasteiger partial charge is 0.361 e. The highest BCUT2D eigenvalue weighted by Gasteiger charge is 2.20. The van der Waals surface area contributed by atoms with E-state index in [0.29, 0.717) is 10.3 Å². The molecule has 2 aromatic heterocycles. The second-order valence-corrected chi connectivity index (χ2v) is 3.83. The van der Waals surface area contributed by atoms with Gasteiger partial charge in [0.05, 0.1) is 11.2 Å². The number of nitrogens with zero attached hydrogens (tertiary/aromatic N) is 2. The summed E-state index contributed by atoms with van der Waals surface area (Å²) >= 11 is 3.18. The molecule has 0 unspecified atom stereocenters. The molecule has 0 spiro atoms. The first-order chi connectivity index (χ1) is 7.65. The Morgan fingerprint density at radius 2 is 2.38 bits per heavy atom. The first kappa shape index (κ1) is 11.1. The van der Waals surface area contributed by atoms with Gasteiger partial charge in [0, 0.05) is 0 Å². The van der Waals surface area contributed by atoms with Crippen LogP contribution in [0.2, 0.25) is 0 Å². The number of halogens is 2. The fourth-order valence-corrected chi connectivity index (χ4v) is 1.84. The number of ether oxygens (including phenoxy) is 1. The Bertz CT molecular complexity index is 553. The summed E-state index contributed by atoms with van der Waals surface area (Å²) < 4.78 is 20.2. The van der Waals surface area contributed by atoms with Crippen LogP contribution in [0.3, 0.4) is 0 Å². The molecule has 0 aromatic carbocycles. The van der Waals surface area contributed by atoms with Crippen LogP contribution in [0.25, 0.3) is 5.65 Å². The third-order valence-electron chi connectivity index (χ3n) is 2.01. The van der Waals surface area contributed by atoms with Crippen LogP contribution in [0.1, 0.15) is 17.4 Å². The van der Waals surface area contributed by atoms with E-state index < -0.39 is 11.9 Å². The number of carbonyl (C=O) groups excluding carboxylic acids is 1. The average Bonchev–Trinajstić information content (AvgIpc) is 2.58. The molecule has 0 atom stereocenters. The maximum absolute atomic E-state index is 13.8. The van der Waals surface area contributed by atoms with E-state index in [1.807, 2.05) is 0 Å². The first-order valence-corrected chi connectivity index (χ1v) is 5.44. The van der Waals surface area contributed by atoms with Crippen molar-refractivity contribution >= 4 is 27.5 Å². The predicted octanol–water partition coefficient (Wildman–Crippen LogP) is 2.41. The SMILES string of the molecule is CCOC(=O)c1nc2cccc(Br)n2c1F. The highest BCUT2D eigenvalue weighted by atomic mass is 79.9. The lowest BCUT2D eigenvalue weighted by atomic mass is 10.5. The molecular formula is C10H8BrFN2O2. The minimum Gasteiger partial charge on any atom is -0.461 e. The van der Waals surface area contributed by atoms with E-state index >= 15 is 0 Å². The summed E-state index contributed by atoms with van der Waals surface area (Å²) in [7, 11) is 0. The Morgan fingerprint density at radius 1 is 1.62 bits per heavy atom. The van der Waals surface area contributed by atoms with Gasteiger partial charge >= 0.3 is 5.97 Å². The predicted molar refractivity (Wildman–Crippen MR) is 58.8 cm³/mol. The fourth-order valence-electron chi connectivity index (χ4n) is 1.35. The van der Waals surface area contributed by atoms with E-state index in [-0.39, 0.29) is 12.3 Å². The maximum Gasteiger partial charge on any atom is 0.361 e. The van der Waals surface area contributed by atoms with Crippen molar-refractivity contribution < 1.29 is 13.9 Å². The molecule has 84 valence electrons. The number of esters is 1. The third-order valence-corrected chi connectivity index (χ3v) is 2.63. The fraction of sp³-hybridized carbons (Fsp3) is 0.200. The van der Waals surface area contributed by atoms with Crippen molar-refractivity contribution in [2.24, 2.45) is 0 Å². The number of hydrogen-bond acceptors (Lipinski definition) is 3. The van der Waals surface area contributed by atoms with Crippen molar-refractivity contribution in [2.75, 3.05) is 6.61 Å². The van der Waals surface area contributed by atoms with Gasteiger partial charge in [-0.25, -0.2) is 9.78 Å². The first-order valence-electron chi connectivity index (χ1n) is 4.64. The van der Waals surface area contributed by atoms with Gasteiger partial charge in [0.15, 0.2) is 0 Å². The molecule has 0 bridgehead atoms. The molecule has 2 rings (SSSR count). The second kappa shape index (κ2) is 4.21. The van der Waals surface area contributed by atoms with E-state index in [9.17, 15) is 9.18 Å². The number of hydrogen-bond donors (Lipinski definition) is 0. The maximum atomic E-state index is 13.8. The molecule has 0 amide bonds. The summed E-state index contributed by atoms with van der Waals surface area (Å²) in [4.78, 5) is 15.3.